The highest BCUT2D eigenvalue weighted by Gasteiger charge is 2.28. The summed E-state index contributed by atoms with van der Waals surface area (Å²) in [7, 11) is 1.87. The molecule has 2 aromatic rings. The summed E-state index contributed by atoms with van der Waals surface area (Å²) in [5, 5.41) is 12.8. The number of hydrogen-bond donors (Lipinski definition) is 1. The summed E-state index contributed by atoms with van der Waals surface area (Å²) in [5.41, 5.74) is 0.635. The summed E-state index contributed by atoms with van der Waals surface area (Å²) >= 11 is 1.07. The minimum absolute atomic E-state index is 0.0831. The fourth-order valence-electron chi connectivity index (χ4n) is 2.91. The number of thiophene rings is 1. The summed E-state index contributed by atoms with van der Waals surface area (Å²) < 4.78 is 44.6. The average molecular weight is 355 g/mol. The Hall–Kier alpha value is -1.98. The van der Waals surface area contributed by atoms with E-state index in [0.29, 0.717) is 28.7 Å². The molecule has 1 fully saturated rings. The normalized spacial score (nSPS) is 21.8. The Labute approximate surface area is 141 Å². The van der Waals surface area contributed by atoms with Gasteiger partial charge in [0.2, 0.25) is 0 Å². The van der Waals surface area contributed by atoms with Crippen LogP contribution >= 0.6 is 11.3 Å². The van der Waals surface area contributed by atoms with Crippen LogP contribution in [0, 0.1) is 11.3 Å². The number of nitrogens with zero attached hydrogens (tertiary/aromatic N) is 2. The summed E-state index contributed by atoms with van der Waals surface area (Å²) in [6.07, 6.45) is -0.378. The van der Waals surface area contributed by atoms with Crippen molar-refractivity contribution in [2.75, 3.05) is 25.5 Å². The molecule has 1 aromatic carbocycles. The molecule has 1 saturated heterocycles. The number of piperidine rings is 1. The minimum Gasteiger partial charge on any atom is -0.432 e. The van der Waals surface area contributed by atoms with Crippen LogP contribution in [0.4, 0.5) is 18.9 Å². The summed E-state index contributed by atoms with van der Waals surface area (Å²) in [4.78, 5) is 2.01. The Kier molecular flexibility index (Phi) is 4.83. The predicted octanol–water partition coefficient (Wildman–Crippen LogP) is 3.83. The van der Waals surface area contributed by atoms with Gasteiger partial charge in [-0.15, -0.1) is 11.3 Å². The Bertz CT molecular complexity index is 774. The number of ether oxygens (including phenoxy) is 1. The molecule has 1 aliphatic rings. The van der Waals surface area contributed by atoms with Crippen LogP contribution in [0.1, 0.15) is 11.3 Å². The lowest BCUT2D eigenvalue weighted by atomic mass is 10.0. The lowest BCUT2D eigenvalue weighted by Gasteiger charge is -2.33. The molecule has 0 saturated carbocycles. The molecule has 0 aliphatic carbocycles. The Balaban J connectivity index is 1.95. The summed E-state index contributed by atoms with van der Waals surface area (Å²) in [6.45, 7) is -1.88. The third-order valence-corrected chi connectivity index (χ3v) is 5.19. The zero-order chi connectivity index (χ0) is 17.3. The first-order chi connectivity index (χ1) is 11.5. The van der Waals surface area contributed by atoms with Gasteiger partial charge in [0.15, 0.2) is 5.75 Å². The highest BCUT2D eigenvalue weighted by molar-refractivity contribution is 7.20. The largest absolute Gasteiger partial charge is 0.432 e. The van der Waals surface area contributed by atoms with Crippen LogP contribution in [-0.2, 0) is 0 Å². The van der Waals surface area contributed by atoms with Gasteiger partial charge >= 0.3 is 6.61 Å². The monoisotopic (exact) mass is 355 g/mol. The van der Waals surface area contributed by atoms with Gasteiger partial charge in [0.25, 0.3) is 0 Å². The number of hydrogen-bond acceptors (Lipinski definition) is 5. The summed E-state index contributed by atoms with van der Waals surface area (Å²) in [5.74, 6) is -0.115. The van der Waals surface area contributed by atoms with Crippen molar-refractivity contribution in [3.8, 4) is 11.8 Å². The van der Waals surface area contributed by atoms with Crippen LogP contribution in [0.5, 0.6) is 5.75 Å². The minimum atomic E-state index is -3.00. The van der Waals surface area contributed by atoms with E-state index in [1.165, 1.54) is 0 Å². The van der Waals surface area contributed by atoms with Crippen LogP contribution in [0.2, 0.25) is 0 Å². The Morgan fingerprint density at radius 1 is 1.46 bits per heavy atom. The van der Waals surface area contributed by atoms with Gasteiger partial charge in [-0.1, -0.05) is 6.07 Å². The zero-order valence-corrected chi connectivity index (χ0v) is 13.7. The molecule has 0 radical (unpaired) electrons. The molecule has 2 atom stereocenters. The Morgan fingerprint density at radius 3 is 2.92 bits per heavy atom. The third kappa shape index (κ3) is 3.28. The van der Waals surface area contributed by atoms with Gasteiger partial charge in [-0.2, -0.15) is 14.0 Å². The molecule has 128 valence electrons. The van der Waals surface area contributed by atoms with Crippen molar-refractivity contribution in [1.29, 1.82) is 5.26 Å². The highest BCUT2D eigenvalue weighted by atomic mass is 32.1. The number of alkyl halides is 3. The average Bonchev–Trinajstić information content (AvgIpc) is 2.88. The SMILES string of the molecule is CN1CC[C@@H](Nc2cccc3c(OC(F)F)c(C#N)sc23)[C@@H](F)C1. The van der Waals surface area contributed by atoms with Crippen molar-refractivity contribution in [2.24, 2.45) is 0 Å². The standard InChI is InChI=1S/C16H16F3N3OS/c1-22-6-5-11(10(17)8-22)21-12-4-2-3-9-14(23-16(18)19)13(7-20)24-15(9)12/h2-4,10-11,16,21H,5-6,8H2,1H3/t10-,11+/m0/s1. The smallest absolute Gasteiger partial charge is 0.387 e. The van der Waals surface area contributed by atoms with Gasteiger partial charge in [-0.05, 0) is 25.6 Å². The zero-order valence-electron chi connectivity index (χ0n) is 12.9. The number of halogens is 3. The van der Waals surface area contributed by atoms with Gasteiger partial charge in [-0.25, -0.2) is 4.39 Å². The predicted molar refractivity (Wildman–Crippen MR) is 87.6 cm³/mol. The second-order valence-corrected chi connectivity index (χ2v) is 6.77. The van der Waals surface area contributed by atoms with E-state index < -0.39 is 12.8 Å². The molecule has 1 aliphatic heterocycles. The molecule has 8 heteroatoms. The number of benzene rings is 1. The van der Waals surface area contributed by atoms with E-state index in [-0.39, 0.29) is 16.7 Å². The molecule has 3 rings (SSSR count). The number of likely N-dealkylation sites (tertiary alicyclic amines) is 1. The number of nitrogens with one attached hydrogen (secondary N) is 1. The maximum Gasteiger partial charge on any atom is 0.387 e. The van der Waals surface area contributed by atoms with Crippen LogP contribution in [0.3, 0.4) is 0 Å². The quantitative estimate of drug-likeness (QED) is 0.906. The fourth-order valence-corrected chi connectivity index (χ4v) is 3.92. The first-order valence-electron chi connectivity index (χ1n) is 7.49. The van der Waals surface area contributed by atoms with Crippen molar-refractivity contribution in [2.45, 2.75) is 25.2 Å². The van der Waals surface area contributed by atoms with Gasteiger partial charge in [0.1, 0.15) is 17.1 Å². The van der Waals surface area contributed by atoms with E-state index in [1.54, 1.807) is 18.2 Å². The van der Waals surface area contributed by atoms with Crippen molar-refractivity contribution in [3.63, 3.8) is 0 Å². The van der Waals surface area contributed by atoms with E-state index >= 15 is 0 Å². The maximum absolute atomic E-state index is 14.2. The molecular weight excluding hydrogens is 339 g/mol. The lowest BCUT2D eigenvalue weighted by molar-refractivity contribution is -0.0487. The van der Waals surface area contributed by atoms with Crippen LogP contribution in [0.25, 0.3) is 10.1 Å². The van der Waals surface area contributed by atoms with Crippen molar-refractivity contribution in [3.05, 3.63) is 23.1 Å². The molecule has 1 N–H and O–H groups in total. The van der Waals surface area contributed by atoms with E-state index in [9.17, 15) is 13.2 Å². The molecule has 0 spiro atoms. The highest BCUT2D eigenvalue weighted by Crippen LogP contribution is 2.42. The second-order valence-electron chi connectivity index (χ2n) is 5.75. The number of anilines is 1. The van der Waals surface area contributed by atoms with E-state index in [1.807, 2.05) is 18.0 Å². The topological polar surface area (TPSA) is 48.3 Å². The molecule has 0 unspecified atom stereocenters. The van der Waals surface area contributed by atoms with E-state index in [4.69, 9.17) is 5.26 Å². The molecular formula is C16H16F3N3OS. The van der Waals surface area contributed by atoms with E-state index in [2.05, 4.69) is 10.1 Å². The second kappa shape index (κ2) is 6.87. The molecule has 0 amide bonds. The molecule has 2 heterocycles. The third-order valence-electron chi connectivity index (χ3n) is 4.06. The van der Waals surface area contributed by atoms with Gasteiger partial charge < -0.3 is 15.0 Å². The summed E-state index contributed by atoms with van der Waals surface area (Å²) in [6, 6.07) is 6.60. The van der Waals surface area contributed by atoms with Crippen LogP contribution in [-0.4, -0.2) is 43.9 Å². The van der Waals surface area contributed by atoms with Gasteiger partial charge in [0, 0.05) is 18.5 Å². The molecule has 4 nitrogen and oxygen atoms in total. The first-order valence-corrected chi connectivity index (χ1v) is 8.31. The van der Waals surface area contributed by atoms with E-state index in [0.717, 1.165) is 17.9 Å². The van der Waals surface area contributed by atoms with Crippen LogP contribution < -0.4 is 10.1 Å². The molecule has 0 bridgehead atoms. The fraction of sp³-hybridized carbons (Fsp3) is 0.438. The van der Waals surface area contributed by atoms with Crippen molar-refractivity contribution >= 4 is 27.1 Å². The first kappa shape index (κ1) is 16.9. The number of nitriles is 1. The van der Waals surface area contributed by atoms with Crippen molar-refractivity contribution < 1.29 is 17.9 Å². The maximum atomic E-state index is 14.2. The lowest BCUT2D eigenvalue weighted by Crippen LogP contribution is -2.46. The van der Waals surface area contributed by atoms with Crippen LogP contribution in [0.15, 0.2) is 18.2 Å². The number of fused-ring (bicyclic) bond motifs is 1. The van der Waals surface area contributed by atoms with Gasteiger partial charge in [0.05, 0.1) is 16.4 Å². The van der Waals surface area contributed by atoms with Gasteiger partial charge in [-0.3, -0.25) is 0 Å². The Morgan fingerprint density at radius 2 is 2.25 bits per heavy atom. The molecule has 24 heavy (non-hydrogen) atoms. The molecule has 1 aromatic heterocycles. The van der Waals surface area contributed by atoms with Crippen molar-refractivity contribution in [1.82, 2.24) is 4.90 Å². The number of rotatable bonds is 4.